The molecule has 0 bridgehead atoms. The van der Waals surface area contributed by atoms with Crippen LogP contribution < -0.4 is 15.5 Å². The van der Waals surface area contributed by atoms with E-state index < -0.39 is 0 Å². The zero-order chi connectivity index (χ0) is 20.1. The zero-order valence-corrected chi connectivity index (χ0v) is 16.3. The predicted octanol–water partition coefficient (Wildman–Crippen LogP) is 3.62. The molecule has 0 aliphatic carbocycles. The average Bonchev–Trinajstić information content (AvgIpc) is 2.77. The number of nitrogens with zero attached hydrogens (tertiary/aromatic N) is 3. The van der Waals surface area contributed by atoms with E-state index in [1.807, 2.05) is 55.5 Å². The molecule has 0 saturated carbocycles. The number of hydrogen-bond acceptors (Lipinski definition) is 6. The molecule has 0 atom stereocenters. The Balaban J connectivity index is 1.44. The number of morpholine rings is 1. The van der Waals surface area contributed by atoms with Gasteiger partial charge in [0.05, 0.1) is 37.0 Å². The topological polar surface area (TPSA) is 79.4 Å². The first kappa shape index (κ1) is 18.9. The van der Waals surface area contributed by atoms with Crippen LogP contribution in [0.4, 0.5) is 22.9 Å². The summed E-state index contributed by atoms with van der Waals surface area (Å²) in [4.78, 5) is 23.5. The molecular formula is C22H23N5O2. The maximum absolute atomic E-state index is 12.7. The molecule has 1 aliphatic heterocycles. The summed E-state index contributed by atoms with van der Waals surface area (Å²) in [6.45, 7) is 5.00. The Bertz CT molecular complexity index is 967. The van der Waals surface area contributed by atoms with Crippen LogP contribution in [0.15, 0.2) is 60.9 Å². The number of carbonyl (C=O) groups excluding carboxylic acids is 1. The van der Waals surface area contributed by atoms with Gasteiger partial charge in [-0.05, 0) is 31.2 Å². The Hall–Kier alpha value is -3.45. The highest BCUT2D eigenvalue weighted by Gasteiger charge is 2.17. The van der Waals surface area contributed by atoms with Crippen LogP contribution in [0.2, 0.25) is 0 Å². The van der Waals surface area contributed by atoms with Gasteiger partial charge >= 0.3 is 0 Å². The van der Waals surface area contributed by atoms with E-state index in [2.05, 4.69) is 25.5 Å². The van der Waals surface area contributed by atoms with E-state index in [9.17, 15) is 4.79 Å². The van der Waals surface area contributed by atoms with Gasteiger partial charge in [0.15, 0.2) is 0 Å². The summed E-state index contributed by atoms with van der Waals surface area (Å²) >= 11 is 0. The molecule has 2 heterocycles. The number of para-hydroxylation sites is 2. The maximum atomic E-state index is 12.7. The molecule has 1 saturated heterocycles. The predicted molar refractivity (Wildman–Crippen MR) is 114 cm³/mol. The molecule has 1 amide bonds. The van der Waals surface area contributed by atoms with Gasteiger partial charge in [-0.25, -0.2) is 9.97 Å². The smallest absolute Gasteiger partial charge is 0.275 e. The maximum Gasteiger partial charge on any atom is 0.275 e. The molecule has 1 aliphatic rings. The van der Waals surface area contributed by atoms with Crippen LogP contribution in [0.3, 0.4) is 0 Å². The van der Waals surface area contributed by atoms with Crippen LogP contribution >= 0.6 is 0 Å². The summed E-state index contributed by atoms with van der Waals surface area (Å²) in [6, 6.07) is 15.7. The molecule has 4 rings (SSSR count). The summed E-state index contributed by atoms with van der Waals surface area (Å²) in [5.41, 5.74) is 4.10. The molecule has 2 aromatic carbocycles. The second kappa shape index (κ2) is 8.70. The van der Waals surface area contributed by atoms with Crippen LogP contribution in [0.25, 0.3) is 0 Å². The summed E-state index contributed by atoms with van der Waals surface area (Å²) in [5.74, 6) is 0.291. The molecular weight excluding hydrogens is 366 g/mol. The van der Waals surface area contributed by atoms with E-state index >= 15 is 0 Å². The van der Waals surface area contributed by atoms with E-state index in [-0.39, 0.29) is 11.6 Å². The highest BCUT2D eigenvalue weighted by molar-refractivity contribution is 6.04. The number of benzene rings is 2. The third kappa shape index (κ3) is 4.70. The van der Waals surface area contributed by atoms with Gasteiger partial charge in [0.25, 0.3) is 5.91 Å². The Kier molecular flexibility index (Phi) is 5.67. The van der Waals surface area contributed by atoms with E-state index in [4.69, 9.17) is 4.74 Å². The van der Waals surface area contributed by atoms with Crippen LogP contribution in [-0.2, 0) is 4.74 Å². The standard InChI is InChI=1S/C22H23N5O2/c1-16-6-8-17(9-7-16)25-21-15-23-19(14-24-21)22(28)26-18-4-2-3-5-20(18)27-10-12-29-13-11-27/h2-9,14-15H,10-13H2,1H3,(H,24,25)(H,26,28). The number of aryl methyl sites for hydroxylation is 1. The minimum atomic E-state index is -0.292. The summed E-state index contributed by atoms with van der Waals surface area (Å²) < 4.78 is 5.42. The first-order valence-electron chi connectivity index (χ1n) is 9.58. The number of carbonyl (C=O) groups is 1. The van der Waals surface area contributed by atoms with E-state index in [0.29, 0.717) is 19.0 Å². The monoisotopic (exact) mass is 389 g/mol. The molecule has 1 fully saturated rings. The van der Waals surface area contributed by atoms with Crippen molar-refractivity contribution in [3.05, 3.63) is 72.2 Å². The molecule has 29 heavy (non-hydrogen) atoms. The largest absolute Gasteiger partial charge is 0.378 e. The van der Waals surface area contributed by atoms with Crippen LogP contribution in [-0.4, -0.2) is 42.2 Å². The first-order valence-corrected chi connectivity index (χ1v) is 9.58. The molecule has 7 nitrogen and oxygen atoms in total. The lowest BCUT2D eigenvalue weighted by Gasteiger charge is -2.30. The van der Waals surface area contributed by atoms with Gasteiger partial charge in [0, 0.05) is 18.8 Å². The molecule has 0 unspecified atom stereocenters. The molecule has 2 N–H and O–H groups in total. The van der Waals surface area contributed by atoms with Crippen molar-refractivity contribution in [3.8, 4) is 0 Å². The number of anilines is 4. The van der Waals surface area contributed by atoms with Crippen LogP contribution in [0.1, 0.15) is 16.1 Å². The highest BCUT2D eigenvalue weighted by atomic mass is 16.5. The average molecular weight is 389 g/mol. The Morgan fingerprint density at radius 3 is 2.48 bits per heavy atom. The lowest BCUT2D eigenvalue weighted by molar-refractivity contribution is 0.102. The molecule has 0 spiro atoms. The van der Waals surface area contributed by atoms with Gasteiger partial charge in [-0.2, -0.15) is 0 Å². The molecule has 148 valence electrons. The van der Waals surface area contributed by atoms with Crippen molar-refractivity contribution in [2.45, 2.75) is 6.92 Å². The fourth-order valence-corrected chi connectivity index (χ4v) is 3.14. The molecule has 7 heteroatoms. The summed E-state index contributed by atoms with van der Waals surface area (Å²) in [5, 5.41) is 6.13. The first-order chi connectivity index (χ1) is 14.2. The second-order valence-corrected chi connectivity index (χ2v) is 6.85. The molecule has 0 radical (unpaired) electrons. The lowest BCUT2D eigenvalue weighted by atomic mass is 10.2. The van der Waals surface area contributed by atoms with E-state index in [0.717, 1.165) is 30.2 Å². The van der Waals surface area contributed by atoms with E-state index in [1.54, 1.807) is 6.20 Å². The minimum Gasteiger partial charge on any atom is -0.378 e. The van der Waals surface area contributed by atoms with Crippen molar-refractivity contribution in [3.63, 3.8) is 0 Å². The Morgan fingerprint density at radius 2 is 1.76 bits per heavy atom. The van der Waals surface area contributed by atoms with Crippen molar-refractivity contribution < 1.29 is 9.53 Å². The SMILES string of the molecule is Cc1ccc(Nc2cnc(C(=O)Nc3ccccc3N3CCOCC3)cn2)cc1. The fourth-order valence-electron chi connectivity index (χ4n) is 3.14. The summed E-state index contributed by atoms with van der Waals surface area (Å²) in [7, 11) is 0. The molecule has 1 aromatic heterocycles. The highest BCUT2D eigenvalue weighted by Crippen LogP contribution is 2.26. The second-order valence-electron chi connectivity index (χ2n) is 6.85. The number of aromatic nitrogens is 2. The van der Waals surface area contributed by atoms with Crippen molar-refractivity contribution in [1.29, 1.82) is 0 Å². The van der Waals surface area contributed by atoms with Gasteiger partial charge in [-0.3, -0.25) is 4.79 Å². The Labute approximate surface area is 169 Å². The van der Waals surface area contributed by atoms with Gasteiger partial charge in [0.2, 0.25) is 0 Å². The van der Waals surface area contributed by atoms with Crippen molar-refractivity contribution in [1.82, 2.24) is 9.97 Å². The van der Waals surface area contributed by atoms with E-state index in [1.165, 1.54) is 11.8 Å². The van der Waals surface area contributed by atoms with Gasteiger partial charge in [-0.15, -0.1) is 0 Å². The normalized spacial score (nSPS) is 13.8. The quantitative estimate of drug-likeness (QED) is 0.694. The number of rotatable bonds is 5. The summed E-state index contributed by atoms with van der Waals surface area (Å²) in [6.07, 6.45) is 3.03. The molecule has 3 aromatic rings. The minimum absolute atomic E-state index is 0.260. The lowest BCUT2D eigenvalue weighted by Crippen LogP contribution is -2.36. The number of hydrogen-bond donors (Lipinski definition) is 2. The van der Waals surface area contributed by atoms with Crippen molar-refractivity contribution in [2.75, 3.05) is 41.8 Å². The van der Waals surface area contributed by atoms with Gasteiger partial charge < -0.3 is 20.3 Å². The van der Waals surface area contributed by atoms with Crippen LogP contribution in [0, 0.1) is 6.92 Å². The number of nitrogens with one attached hydrogen (secondary N) is 2. The van der Waals surface area contributed by atoms with Crippen LogP contribution in [0.5, 0.6) is 0 Å². The Morgan fingerprint density at radius 1 is 1.00 bits per heavy atom. The van der Waals surface area contributed by atoms with Gasteiger partial charge in [-0.1, -0.05) is 29.8 Å². The van der Waals surface area contributed by atoms with Crippen molar-refractivity contribution in [2.24, 2.45) is 0 Å². The zero-order valence-electron chi connectivity index (χ0n) is 16.3. The third-order valence-corrected chi connectivity index (χ3v) is 4.71. The third-order valence-electron chi connectivity index (χ3n) is 4.71. The van der Waals surface area contributed by atoms with Crippen molar-refractivity contribution >= 4 is 28.8 Å². The number of ether oxygens (including phenoxy) is 1. The van der Waals surface area contributed by atoms with Gasteiger partial charge in [0.1, 0.15) is 11.5 Å². The number of amides is 1. The fraction of sp³-hybridized carbons (Fsp3) is 0.227.